The maximum Gasteiger partial charge on any atom is 0.328 e. The van der Waals surface area contributed by atoms with E-state index < -0.39 is 11.7 Å². The van der Waals surface area contributed by atoms with Gasteiger partial charge in [-0.25, -0.2) is 4.79 Å². The van der Waals surface area contributed by atoms with Crippen LogP contribution >= 0.6 is 0 Å². The Kier molecular flexibility index (Phi) is 1.90. The van der Waals surface area contributed by atoms with E-state index in [0.29, 0.717) is 0 Å². The number of nitrogens with one attached hydrogen (secondary N) is 1. The van der Waals surface area contributed by atoms with Crippen LogP contribution in [-0.4, -0.2) is 25.7 Å². The molecule has 66 valence electrons. The number of aromatic hydroxyl groups is 1. The normalized spacial score (nSPS) is 10.1. The number of carbonyl (C=O) groups is 1. The molecule has 12 heavy (non-hydrogen) atoms. The Morgan fingerprint density at radius 1 is 1.67 bits per heavy atom. The molecule has 0 atom stereocenters. The lowest BCUT2D eigenvalue weighted by Crippen LogP contribution is -2.12. The highest BCUT2D eigenvalue weighted by Gasteiger charge is 2.12. The Hall–Kier alpha value is -1.72. The van der Waals surface area contributed by atoms with Crippen LogP contribution in [-0.2, 0) is 18.3 Å². The summed E-state index contributed by atoms with van der Waals surface area (Å²) in [5.41, 5.74) is -0.501. The van der Waals surface area contributed by atoms with Crippen molar-refractivity contribution >= 4 is 5.97 Å². The van der Waals surface area contributed by atoms with Gasteiger partial charge < -0.3 is 15.2 Å². The van der Waals surface area contributed by atoms with E-state index in [1.165, 1.54) is 7.05 Å². The van der Waals surface area contributed by atoms with Crippen LogP contribution in [0.5, 0.6) is 5.88 Å². The van der Waals surface area contributed by atoms with Crippen LogP contribution in [0.15, 0.2) is 4.79 Å². The zero-order valence-electron chi connectivity index (χ0n) is 6.37. The first-order chi connectivity index (χ1) is 5.52. The predicted octanol–water partition coefficient (Wildman–Crippen LogP) is -0.954. The molecule has 0 saturated heterocycles. The molecule has 0 unspecified atom stereocenters. The second-order valence-corrected chi connectivity index (χ2v) is 2.36. The van der Waals surface area contributed by atoms with Gasteiger partial charge in [0.05, 0.1) is 12.1 Å². The van der Waals surface area contributed by atoms with E-state index in [-0.39, 0.29) is 18.0 Å². The molecule has 0 saturated carbocycles. The third kappa shape index (κ3) is 1.31. The van der Waals surface area contributed by atoms with Crippen molar-refractivity contribution in [3.63, 3.8) is 0 Å². The average molecular weight is 172 g/mol. The SMILES string of the molecule is Cn1c(O)c(CC(=O)O)[nH]c1=O. The number of carboxylic acid groups (broad SMARTS) is 1. The van der Waals surface area contributed by atoms with Gasteiger partial charge in [0.15, 0.2) is 0 Å². The lowest BCUT2D eigenvalue weighted by Gasteiger charge is -1.93. The number of carboxylic acids is 1. The molecule has 0 aliphatic carbocycles. The fourth-order valence-corrected chi connectivity index (χ4v) is 0.842. The summed E-state index contributed by atoms with van der Waals surface area (Å²) in [4.78, 5) is 23.2. The van der Waals surface area contributed by atoms with Crippen LogP contribution < -0.4 is 5.69 Å². The van der Waals surface area contributed by atoms with Gasteiger partial charge >= 0.3 is 11.7 Å². The number of H-pyrrole nitrogens is 1. The van der Waals surface area contributed by atoms with Crippen LogP contribution in [0, 0.1) is 0 Å². The minimum Gasteiger partial charge on any atom is -0.493 e. The molecule has 0 amide bonds. The maximum absolute atomic E-state index is 10.8. The van der Waals surface area contributed by atoms with Crippen molar-refractivity contribution in [1.82, 2.24) is 9.55 Å². The summed E-state index contributed by atoms with van der Waals surface area (Å²) in [6, 6.07) is 0. The van der Waals surface area contributed by atoms with Gasteiger partial charge in [0, 0.05) is 7.05 Å². The Bertz CT molecular complexity index is 362. The number of hydrogen-bond donors (Lipinski definition) is 3. The van der Waals surface area contributed by atoms with Crippen molar-refractivity contribution in [2.24, 2.45) is 7.05 Å². The lowest BCUT2D eigenvalue weighted by atomic mass is 10.3. The summed E-state index contributed by atoms with van der Waals surface area (Å²) in [6.07, 6.45) is -0.387. The number of nitrogens with zero attached hydrogens (tertiary/aromatic N) is 1. The van der Waals surface area contributed by atoms with Crippen LogP contribution in [0.2, 0.25) is 0 Å². The highest BCUT2D eigenvalue weighted by molar-refractivity contribution is 5.70. The fraction of sp³-hybridized carbons (Fsp3) is 0.333. The monoisotopic (exact) mass is 172 g/mol. The number of rotatable bonds is 2. The van der Waals surface area contributed by atoms with Gasteiger partial charge in [0.1, 0.15) is 0 Å². The maximum atomic E-state index is 10.8. The van der Waals surface area contributed by atoms with Gasteiger partial charge in [0.25, 0.3) is 0 Å². The molecule has 0 aromatic carbocycles. The van der Waals surface area contributed by atoms with E-state index in [1.54, 1.807) is 0 Å². The second kappa shape index (κ2) is 2.72. The Morgan fingerprint density at radius 3 is 2.58 bits per heavy atom. The van der Waals surface area contributed by atoms with Crippen molar-refractivity contribution < 1.29 is 15.0 Å². The quantitative estimate of drug-likeness (QED) is 0.535. The van der Waals surface area contributed by atoms with E-state index in [0.717, 1.165) is 4.57 Å². The van der Waals surface area contributed by atoms with E-state index in [4.69, 9.17) is 10.2 Å². The first-order valence-corrected chi connectivity index (χ1v) is 3.21. The molecular weight excluding hydrogens is 164 g/mol. The third-order valence-corrected chi connectivity index (χ3v) is 1.48. The summed E-state index contributed by atoms with van der Waals surface area (Å²) in [7, 11) is 1.35. The van der Waals surface area contributed by atoms with Crippen molar-refractivity contribution in [1.29, 1.82) is 0 Å². The van der Waals surface area contributed by atoms with E-state index >= 15 is 0 Å². The Labute approximate surface area is 67.1 Å². The minimum absolute atomic E-state index is 0.0231. The van der Waals surface area contributed by atoms with Crippen LogP contribution in [0.25, 0.3) is 0 Å². The van der Waals surface area contributed by atoms with Gasteiger partial charge in [-0.3, -0.25) is 9.36 Å². The van der Waals surface area contributed by atoms with Gasteiger partial charge in [-0.2, -0.15) is 0 Å². The predicted molar refractivity (Wildman–Crippen MR) is 39.0 cm³/mol. The number of imidazole rings is 1. The number of aliphatic carboxylic acids is 1. The number of aromatic amines is 1. The molecular formula is C6H8N2O4. The number of hydrogen-bond acceptors (Lipinski definition) is 3. The van der Waals surface area contributed by atoms with Crippen molar-refractivity contribution in [2.45, 2.75) is 6.42 Å². The van der Waals surface area contributed by atoms with Gasteiger partial charge in [0.2, 0.25) is 5.88 Å². The van der Waals surface area contributed by atoms with E-state index in [9.17, 15) is 9.59 Å². The van der Waals surface area contributed by atoms with Gasteiger partial charge in [-0.1, -0.05) is 0 Å². The second-order valence-electron chi connectivity index (χ2n) is 2.36. The number of aromatic nitrogens is 2. The Balaban J connectivity index is 3.09. The average Bonchev–Trinajstić information content (AvgIpc) is 2.17. The third-order valence-electron chi connectivity index (χ3n) is 1.48. The zero-order chi connectivity index (χ0) is 9.30. The highest BCUT2D eigenvalue weighted by Crippen LogP contribution is 2.10. The molecule has 0 spiro atoms. The van der Waals surface area contributed by atoms with Crippen molar-refractivity contribution in [3.05, 3.63) is 16.2 Å². The highest BCUT2D eigenvalue weighted by atomic mass is 16.4. The topological polar surface area (TPSA) is 95.3 Å². The molecule has 1 aromatic rings. The lowest BCUT2D eigenvalue weighted by molar-refractivity contribution is -0.136. The molecule has 0 radical (unpaired) electrons. The molecule has 1 aromatic heterocycles. The minimum atomic E-state index is -1.10. The molecule has 3 N–H and O–H groups in total. The van der Waals surface area contributed by atoms with Crippen LogP contribution in [0.1, 0.15) is 5.69 Å². The van der Waals surface area contributed by atoms with E-state index in [2.05, 4.69) is 4.98 Å². The molecule has 0 bridgehead atoms. The molecule has 0 fully saturated rings. The first kappa shape index (κ1) is 8.38. The van der Waals surface area contributed by atoms with Crippen molar-refractivity contribution in [2.75, 3.05) is 0 Å². The zero-order valence-corrected chi connectivity index (χ0v) is 6.37. The first-order valence-electron chi connectivity index (χ1n) is 3.21. The van der Waals surface area contributed by atoms with Gasteiger partial charge in [-0.05, 0) is 0 Å². The fourth-order valence-electron chi connectivity index (χ4n) is 0.842. The van der Waals surface area contributed by atoms with Gasteiger partial charge in [-0.15, -0.1) is 0 Å². The summed E-state index contributed by atoms with van der Waals surface area (Å²) in [5.74, 6) is -1.44. The standard InChI is InChI=1S/C6H8N2O4/c1-8-5(11)3(2-4(9)10)7-6(8)12/h11H,2H2,1H3,(H,7,12)(H,9,10). The molecule has 0 aliphatic heterocycles. The molecule has 0 aliphatic rings. The summed E-state index contributed by atoms with van der Waals surface area (Å²) in [5, 5.41) is 17.5. The molecule has 6 heteroatoms. The van der Waals surface area contributed by atoms with E-state index in [1.807, 2.05) is 0 Å². The summed E-state index contributed by atoms with van der Waals surface area (Å²) in [6.45, 7) is 0. The summed E-state index contributed by atoms with van der Waals surface area (Å²) >= 11 is 0. The molecule has 1 heterocycles. The van der Waals surface area contributed by atoms with Crippen LogP contribution in [0.4, 0.5) is 0 Å². The smallest absolute Gasteiger partial charge is 0.328 e. The molecule has 6 nitrogen and oxygen atoms in total. The van der Waals surface area contributed by atoms with Crippen LogP contribution in [0.3, 0.4) is 0 Å². The van der Waals surface area contributed by atoms with Crippen molar-refractivity contribution in [3.8, 4) is 5.88 Å². The Morgan fingerprint density at radius 2 is 2.25 bits per heavy atom. The molecule has 1 rings (SSSR count). The summed E-state index contributed by atoms with van der Waals surface area (Å²) < 4.78 is 0.943. The largest absolute Gasteiger partial charge is 0.493 e.